The molecule has 0 aromatic heterocycles. The molecule has 0 aliphatic heterocycles. The molecule has 0 heterocycles. The molecule has 2 N–H and O–H groups in total. The minimum atomic E-state index is -0.593. The predicted molar refractivity (Wildman–Crippen MR) is 148 cm³/mol. The average molecular weight is 537 g/mol. The number of carbonyl (C=O) groups is 2. The van der Waals surface area contributed by atoms with Crippen molar-refractivity contribution in [3.63, 3.8) is 0 Å². The van der Waals surface area contributed by atoms with E-state index in [2.05, 4.69) is 10.6 Å². The molecule has 0 radical (unpaired) electrons. The molecule has 0 aliphatic carbocycles. The highest BCUT2D eigenvalue weighted by Gasteiger charge is 2.12. The van der Waals surface area contributed by atoms with Crippen LogP contribution in [0.3, 0.4) is 0 Å². The fourth-order valence-corrected chi connectivity index (χ4v) is 3.77. The first-order valence-corrected chi connectivity index (χ1v) is 12.2. The zero-order valence-corrected chi connectivity index (χ0v) is 20.9. The van der Waals surface area contributed by atoms with Crippen molar-refractivity contribution in [3.05, 3.63) is 144 Å². The Morgan fingerprint density at radius 3 is 1.27 bits per heavy atom. The molecule has 40 heavy (non-hydrogen) atoms. The molecule has 0 saturated carbocycles. The van der Waals surface area contributed by atoms with Crippen LogP contribution in [0.4, 0.5) is 20.2 Å². The van der Waals surface area contributed by atoms with E-state index in [9.17, 15) is 18.4 Å². The third kappa shape index (κ3) is 6.49. The second-order valence-electron chi connectivity index (χ2n) is 8.60. The summed E-state index contributed by atoms with van der Waals surface area (Å²) < 4.78 is 39.5. The number of anilines is 2. The highest BCUT2D eigenvalue weighted by Crippen LogP contribution is 2.29. The summed E-state index contributed by atoms with van der Waals surface area (Å²) in [6.07, 6.45) is 0. The van der Waals surface area contributed by atoms with Gasteiger partial charge in [-0.25, -0.2) is 8.78 Å². The smallest absolute Gasteiger partial charge is 0.258 e. The first kappa shape index (κ1) is 26.1. The van der Waals surface area contributed by atoms with Gasteiger partial charge in [-0.2, -0.15) is 0 Å². The van der Waals surface area contributed by atoms with Gasteiger partial charge in [0.2, 0.25) is 0 Å². The highest BCUT2D eigenvalue weighted by molar-refractivity contribution is 6.05. The van der Waals surface area contributed by atoms with Crippen LogP contribution in [0.25, 0.3) is 0 Å². The molecule has 5 aromatic carbocycles. The summed E-state index contributed by atoms with van der Waals surface area (Å²) in [6, 6.07) is 31.9. The van der Waals surface area contributed by atoms with E-state index in [1.807, 2.05) is 0 Å². The van der Waals surface area contributed by atoms with Crippen molar-refractivity contribution in [2.75, 3.05) is 10.6 Å². The molecule has 6 nitrogen and oxygen atoms in total. The monoisotopic (exact) mass is 536 g/mol. The van der Waals surface area contributed by atoms with Crippen molar-refractivity contribution in [1.82, 2.24) is 0 Å². The van der Waals surface area contributed by atoms with Crippen LogP contribution in [-0.2, 0) is 0 Å². The highest BCUT2D eigenvalue weighted by atomic mass is 19.1. The maximum Gasteiger partial charge on any atom is 0.258 e. The summed E-state index contributed by atoms with van der Waals surface area (Å²) in [4.78, 5) is 24.6. The van der Waals surface area contributed by atoms with Gasteiger partial charge in [0.15, 0.2) is 0 Å². The SMILES string of the molecule is O=C(Nc1ccc(Oc2cccc(Oc3ccc(NC(=O)c4ccccc4F)cc3)c2)cc1)c1ccccc1F. The second kappa shape index (κ2) is 11.9. The van der Waals surface area contributed by atoms with Gasteiger partial charge in [-0.3, -0.25) is 9.59 Å². The molecule has 5 rings (SSSR count). The predicted octanol–water partition coefficient (Wildman–Crippen LogP) is 8.05. The van der Waals surface area contributed by atoms with Crippen LogP contribution in [0.1, 0.15) is 20.7 Å². The molecule has 0 spiro atoms. The van der Waals surface area contributed by atoms with Gasteiger partial charge in [-0.05, 0) is 84.9 Å². The zero-order valence-electron chi connectivity index (χ0n) is 20.9. The lowest BCUT2D eigenvalue weighted by Gasteiger charge is -2.11. The number of hydrogen-bond acceptors (Lipinski definition) is 4. The summed E-state index contributed by atoms with van der Waals surface area (Å²) >= 11 is 0. The van der Waals surface area contributed by atoms with Gasteiger partial charge in [0.1, 0.15) is 34.6 Å². The number of halogens is 2. The van der Waals surface area contributed by atoms with Crippen molar-refractivity contribution >= 4 is 23.2 Å². The summed E-state index contributed by atoms with van der Waals surface area (Å²) in [5.41, 5.74) is 0.903. The average Bonchev–Trinajstić information content (AvgIpc) is 2.96. The topological polar surface area (TPSA) is 76.7 Å². The van der Waals surface area contributed by atoms with Crippen molar-refractivity contribution in [1.29, 1.82) is 0 Å². The van der Waals surface area contributed by atoms with Gasteiger partial charge in [-0.15, -0.1) is 0 Å². The number of rotatable bonds is 8. The standard InChI is InChI=1S/C32H22F2N2O4/c33-29-10-3-1-8-27(29)31(37)35-21-12-16-23(17-13-21)39-25-6-5-7-26(20-25)40-24-18-14-22(15-19-24)36-32(38)28-9-2-4-11-30(28)34/h1-20H,(H,35,37)(H,36,38). The van der Waals surface area contributed by atoms with Gasteiger partial charge < -0.3 is 20.1 Å². The van der Waals surface area contributed by atoms with Crippen LogP contribution < -0.4 is 20.1 Å². The maximum atomic E-state index is 13.8. The van der Waals surface area contributed by atoms with Gasteiger partial charge >= 0.3 is 0 Å². The number of amides is 2. The normalized spacial score (nSPS) is 10.4. The molecule has 0 saturated heterocycles. The molecule has 5 aromatic rings. The van der Waals surface area contributed by atoms with Gasteiger partial charge in [0.25, 0.3) is 11.8 Å². The zero-order chi connectivity index (χ0) is 27.9. The quantitative estimate of drug-likeness (QED) is 0.210. The van der Waals surface area contributed by atoms with Crippen molar-refractivity contribution in [3.8, 4) is 23.0 Å². The first-order valence-electron chi connectivity index (χ1n) is 12.2. The third-order valence-electron chi connectivity index (χ3n) is 5.74. The minimum Gasteiger partial charge on any atom is -0.457 e. The number of benzene rings is 5. The Bertz CT molecular complexity index is 1530. The summed E-state index contributed by atoms with van der Waals surface area (Å²) in [7, 11) is 0. The Hall–Kier alpha value is -5.50. The third-order valence-corrected chi connectivity index (χ3v) is 5.74. The largest absolute Gasteiger partial charge is 0.457 e. The summed E-state index contributed by atoms with van der Waals surface area (Å²) in [5.74, 6) is -0.181. The Kier molecular flexibility index (Phi) is 7.78. The van der Waals surface area contributed by atoms with E-state index in [-0.39, 0.29) is 11.1 Å². The van der Waals surface area contributed by atoms with Crippen LogP contribution in [0, 0.1) is 11.6 Å². The van der Waals surface area contributed by atoms with Crippen LogP contribution in [0.5, 0.6) is 23.0 Å². The van der Waals surface area contributed by atoms with E-state index in [1.54, 1.807) is 84.9 Å². The first-order chi connectivity index (χ1) is 19.4. The number of nitrogens with one attached hydrogen (secondary N) is 2. The van der Waals surface area contributed by atoms with Crippen molar-refractivity contribution in [2.24, 2.45) is 0 Å². The molecule has 2 amide bonds. The Morgan fingerprint density at radius 1 is 0.475 bits per heavy atom. The molecule has 0 atom stereocenters. The Labute approximate surface area is 228 Å². The van der Waals surface area contributed by atoms with Crippen molar-refractivity contribution in [2.45, 2.75) is 0 Å². The van der Waals surface area contributed by atoms with E-state index < -0.39 is 23.4 Å². The van der Waals surface area contributed by atoms with Crippen LogP contribution >= 0.6 is 0 Å². The minimum absolute atomic E-state index is 0.0402. The van der Waals surface area contributed by atoms with E-state index in [4.69, 9.17) is 9.47 Å². The molecule has 0 unspecified atom stereocenters. The summed E-state index contributed by atoms with van der Waals surface area (Å²) in [5, 5.41) is 5.31. The number of carbonyl (C=O) groups excluding carboxylic acids is 2. The lowest BCUT2D eigenvalue weighted by atomic mass is 10.2. The van der Waals surface area contributed by atoms with E-state index in [0.29, 0.717) is 34.4 Å². The van der Waals surface area contributed by atoms with Crippen LogP contribution in [-0.4, -0.2) is 11.8 Å². The molecule has 0 aliphatic rings. The van der Waals surface area contributed by atoms with E-state index in [0.717, 1.165) is 0 Å². The van der Waals surface area contributed by atoms with Gasteiger partial charge in [0, 0.05) is 17.4 Å². The Balaban J connectivity index is 1.18. The number of ether oxygens (including phenoxy) is 2. The van der Waals surface area contributed by atoms with E-state index in [1.165, 1.54) is 36.4 Å². The van der Waals surface area contributed by atoms with Crippen LogP contribution in [0.2, 0.25) is 0 Å². The number of hydrogen-bond donors (Lipinski definition) is 2. The molecular formula is C32H22F2N2O4. The molecule has 0 fully saturated rings. The lowest BCUT2D eigenvalue weighted by molar-refractivity contribution is 0.101. The molecule has 8 heteroatoms. The molecule has 0 bridgehead atoms. The fraction of sp³-hybridized carbons (Fsp3) is 0. The van der Waals surface area contributed by atoms with Gasteiger partial charge in [-0.1, -0.05) is 30.3 Å². The van der Waals surface area contributed by atoms with E-state index >= 15 is 0 Å². The molecular weight excluding hydrogens is 514 g/mol. The molecule has 198 valence electrons. The summed E-state index contributed by atoms with van der Waals surface area (Å²) in [6.45, 7) is 0. The maximum absolute atomic E-state index is 13.8. The van der Waals surface area contributed by atoms with Gasteiger partial charge in [0.05, 0.1) is 11.1 Å². The lowest BCUT2D eigenvalue weighted by Crippen LogP contribution is -2.13. The second-order valence-corrected chi connectivity index (χ2v) is 8.60. The van der Waals surface area contributed by atoms with Crippen LogP contribution in [0.15, 0.2) is 121 Å². The van der Waals surface area contributed by atoms with Crippen molar-refractivity contribution < 1.29 is 27.8 Å². The Morgan fingerprint density at radius 2 is 0.875 bits per heavy atom. The fourth-order valence-electron chi connectivity index (χ4n) is 3.77.